The van der Waals surface area contributed by atoms with E-state index in [-0.39, 0.29) is 16.5 Å². The van der Waals surface area contributed by atoms with Gasteiger partial charge in [-0.05, 0) is 67.5 Å². The molecule has 444 valence electrons. The van der Waals surface area contributed by atoms with Gasteiger partial charge in [0.1, 0.15) is 0 Å². The maximum absolute atomic E-state index is 4.91. The zero-order valence-corrected chi connectivity index (χ0v) is 52.7. The first-order valence-electron chi connectivity index (χ1n) is 34.4. The van der Waals surface area contributed by atoms with Gasteiger partial charge in [0.2, 0.25) is 0 Å². The molecule has 2 rings (SSSR count). The minimum Gasteiger partial charge on any atom is -0.255 e. The predicted octanol–water partition coefficient (Wildman–Crippen LogP) is 26.9. The third kappa shape index (κ3) is 50.5. The van der Waals surface area contributed by atoms with E-state index >= 15 is 0 Å². The number of nitrogens with zero attached hydrogens (tertiary/aromatic N) is 2. The summed E-state index contributed by atoms with van der Waals surface area (Å²) in [6.07, 6.45) is 86.7. The maximum Gasteiger partial charge on any atom is 0.0634 e. The third-order valence-corrected chi connectivity index (χ3v) is 16.4. The van der Waals surface area contributed by atoms with Crippen molar-refractivity contribution in [1.82, 2.24) is 0 Å². The van der Waals surface area contributed by atoms with Gasteiger partial charge < -0.3 is 0 Å². The average Bonchev–Trinajstić information content (AvgIpc) is 3.44. The first-order chi connectivity index (χ1) is 37.7. The molecule has 0 N–H and O–H groups in total. The number of hydrogen-bond donors (Lipinski definition) is 0. The maximum atomic E-state index is 4.91. The Morgan fingerprint density at radius 2 is 0.506 bits per heavy atom. The summed E-state index contributed by atoms with van der Waals surface area (Å²) in [5, 5.41) is 0. The van der Waals surface area contributed by atoms with E-state index in [4.69, 9.17) is 9.98 Å². The summed E-state index contributed by atoms with van der Waals surface area (Å²) in [5.74, 6) is 0. The monoisotopic (exact) mass is 1100 g/mol. The molecule has 2 aromatic carbocycles. The Hall–Kier alpha value is -2.25. The molecule has 0 aliphatic carbocycles. The zero-order valence-electron chi connectivity index (χ0n) is 51.7. The van der Waals surface area contributed by atoms with Crippen molar-refractivity contribution in [2.75, 3.05) is 0 Å². The van der Waals surface area contributed by atoms with Crippen molar-refractivity contribution in [3.05, 3.63) is 71.8 Å². The average molecular weight is 1100 g/mol. The molecule has 0 heterocycles. The van der Waals surface area contributed by atoms with E-state index in [0.29, 0.717) is 0 Å². The molecule has 0 bridgehead atoms. The van der Waals surface area contributed by atoms with Crippen LogP contribution in [0, 0.1) is 0 Å². The van der Waals surface area contributed by atoms with Gasteiger partial charge in [0.05, 0.1) is 17.1 Å². The number of benzene rings is 2. The minimum absolute atomic E-state index is 0. The molecule has 0 amide bonds. The SMILES string of the molecule is CCCCCCCCCCCCCCCCCCCCCCCCCCCC=Cc1ccc(N=CC(CC)=Nc2ccc(C=CCCCCCCCCCCCCCCCCCCCCCCCCCCC)cc2)cc1.[Ni]. The normalized spacial score (nSPS) is 12.1. The van der Waals surface area contributed by atoms with Gasteiger partial charge >= 0.3 is 0 Å². The van der Waals surface area contributed by atoms with Crippen LogP contribution in [0.1, 0.15) is 372 Å². The Bertz CT molecular complexity index is 1590. The van der Waals surface area contributed by atoms with Crippen LogP contribution in [0.25, 0.3) is 12.2 Å². The van der Waals surface area contributed by atoms with Gasteiger partial charge in [0.25, 0.3) is 0 Å². The summed E-state index contributed by atoms with van der Waals surface area (Å²) in [6, 6.07) is 17.3. The number of unbranched alkanes of at least 4 members (excludes halogenated alkanes) is 50. The molecule has 0 spiro atoms. The van der Waals surface area contributed by atoms with Crippen molar-refractivity contribution in [2.45, 2.75) is 361 Å². The standard InChI is InChI=1S/C74H128N2.Ni/c1-4-7-9-11-13-15-17-19-21-23-25-27-29-31-33-35-37-39-41-43-45-47-49-51-53-55-57-59-70-61-65-73(66-62-70)75-69-72(6-3)76-74-67-63-71(64-68-74)60-58-56-54-52-50-48-46-44-42-40-38-36-34-32-30-28-26-24-22-20-18-16-14-12-10-8-5-2;/h57-69H,4-56H2,1-3H3;. The van der Waals surface area contributed by atoms with Crippen LogP contribution in [-0.4, -0.2) is 11.9 Å². The van der Waals surface area contributed by atoms with Gasteiger partial charge in [-0.15, -0.1) is 0 Å². The van der Waals surface area contributed by atoms with Crippen LogP contribution in [0.4, 0.5) is 11.4 Å². The summed E-state index contributed by atoms with van der Waals surface area (Å²) in [4.78, 5) is 9.67. The summed E-state index contributed by atoms with van der Waals surface area (Å²) in [5.41, 5.74) is 5.48. The molecular formula is C74H128N2Ni. The first-order valence-corrected chi connectivity index (χ1v) is 34.4. The van der Waals surface area contributed by atoms with Crippen LogP contribution in [-0.2, 0) is 16.5 Å². The van der Waals surface area contributed by atoms with Crippen LogP contribution in [0.3, 0.4) is 0 Å². The molecule has 2 aromatic rings. The molecule has 3 heteroatoms. The summed E-state index contributed by atoms with van der Waals surface area (Å²) in [7, 11) is 0. The number of aliphatic imine (C=N–C) groups is 2. The van der Waals surface area contributed by atoms with Crippen LogP contribution in [0.5, 0.6) is 0 Å². The Labute approximate surface area is 492 Å². The van der Waals surface area contributed by atoms with Crippen molar-refractivity contribution in [2.24, 2.45) is 9.98 Å². The Morgan fingerprint density at radius 1 is 0.286 bits per heavy atom. The zero-order chi connectivity index (χ0) is 54.0. The summed E-state index contributed by atoms with van der Waals surface area (Å²) >= 11 is 0. The third-order valence-electron chi connectivity index (χ3n) is 16.4. The smallest absolute Gasteiger partial charge is 0.0634 e. The largest absolute Gasteiger partial charge is 0.255 e. The molecule has 0 saturated carbocycles. The van der Waals surface area contributed by atoms with Gasteiger partial charge in [-0.3, -0.25) is 9.98 Å². The molecule has 0 radical (unpaired) electrons. The molecule has 0 aliphatic heterocycles. The molecule has 0 aromatic heterocycles. The fourth-order valence-electron chi connectivity index (χ4n) is 11.1. The second-order valence-electron chi connectivity index (χ2n) is 23.8. The van der Waals surface area contributed by atoms with Crippen molar-refractivity contribution < 1.29 is 16.5 Å². The van der Waals surface area contributed by atoms with Gasteiger partial charge in [-0.1, -0.05) is 378 Å². The second-order valence-corrected chi connectivity index (χ2v) is 23.8. The molecule has 77 heavy (non-hydrogen) atoms. The van der Waals surface area contributed by atoms with E-state index in [9.17, 15) is 0 Å². The molecule has 0 unspecified atom stereocenters. The molecule has 0 atom stereocenters. The van der Waals surface area contributed by atoms with Crippen molar-refractivity contribution in [3.63, 3.8) is 0 Å². The topological polar surface area (TPSA) is 24.7 Å². The van der Waals surface area contributed by atoms with E-state index in [1.165, 1.54) is 345 Å². The van der Waals surface area contributed by atoms with E-state index in [2.05, 4.69) is 93.6 Å². The fraction of sp³-hybridized carbons (Fsp3) is 0.757. The van der Waals surface area contributed by atoms with Crippen LogP contribution in [0.2, 0.25) is 0 Å². The van der Waals surface area contributed by atoms with Crippen LogP contribution >= 0.6 is 0 Å². The number of hydrogen-bond acceptors (Lipinski definition) is 2. The van der Waals surface area contributed by atoms with Crippen LogP contribution < -0.4 is 0 Å². The van der Waals surface area contributed by atoms with Gasteiger partial charge in [0, 0.05) is 22.7 Å². The molecule has 0 aliphatic rings. The van der Waals surface area contributed by atoms with E-state index in [1.54, 1.807) is 0 Å². The minimum atomic E-state index is 0. The number of rotatable bonds is 58. The van der Waals surface area contributed by atoms with E-state index in [0.717, 1.165) is 23.5 Å². The van der Waals surface area contributed by atoms with E-state index < -0.39 is 0 Å². The van der Waals surface area contributed by atoms with Gasteiger partial charge in [0.15, 0.2) is 0 Å². The number of allylic oxidation sites excluding steroid dienone is 2. The quantitative estimate of drug-likeness (QED) is 0.0358. The fourth-order valence-corrected chi connectivity index (χ4v) is 11.1. The van der Waals surface area contributed by atoms with E-state index in [1.807, 2.05) is 6.21 Å². The van der Waals surface area contributed by atoms with Crippen LogP contribution in [0.15, 0.2) is 70.7 Å². The predicted molar refractivity (Wildman–Crippen MR) is 348 cm³/mol. The summed E-state index contributed by atoms with van der Waals surface area (Å²) < 4.78 is 0. The Kier molecular flexibility index (Phi) is 56.6. The molecule has 2 nitrogen and oxygen atoms in total. The van der Waals surface area contributed by atoms with Crippen molar-refractivity contribution in [1.29, 1.82) is 0 Å². The molecule has 0 fully saturated rings. The van der Waals surface area contributed by atoms with Crippen molar-refractivity contribution >= 4 is 35.5 Å². The second kappa shape index (κ2) is 59.9. The summed E-state index contributed by atoms with van der Waals surface area (Å²) in [6.45, 7) is 6.77. The van der Waals surface area contributed by atoms with Gasteiger partial charge in [-0.25, -0.2) is 0 Å². The molecular weight excluding hydrogens is 976 g/mol. The Balaban J connectivity index is 0.0000296. The van der Waals surface area contributed by atoms with Crippen molar-refractivity contribution in [3.8, 4) is 0 Å². The first kappa shape index (κ1) is 72.8. The molecule has 0 saturated heterocycles. The van der Waals surface area contributed by atoms with Gasteiger partial charge in [-0.2, -0.15) is 0 Å². The Morgan fingerprint density at radius 3 is 0.740 bits per heavy atom.